The Labute approximate surface area is 296 Å². The Morgan fingerprint density at radius 3 is 1.10 bits per heavy atom. The van der Waals surface area contributed by atoms with Crippen molar-refractivity contribution in [1.82, 2.24) is 0 Å². The minimum Gasteiger partial charge on any atom is -0.871 e. The second-order valence-electron chi connectivity index (χ2n) is 12.6. The summed E-state index contributed by atoms with van der Waals surface area (Å²) >= 11 is 0. The summed E-state index contributed by atoms with van der Waals surface area (Å²) in [5.41, 5.74) is 0.754. The lowest BCUT2D eigenvalue weighted by Gasteiger charge is -2.36. The van der Waals surface area contributed by atoms with Gasteiger partial charge in [-0.3, -0.25) is 0 Å². The van der Waals surface area contributed by atoms with Gasteiger partial charge >= 0.3 is 0 Å². The molecule has 0 saturated carbocycles. The maximum Gasteiger partial charge on any atom is 0.123 e. The topological polar surface area (TPSA) is 55.3 Å². The molecule has 0 saturated heterocycles. The molecule has 0 aromatic heterocycles. The molecule has 0 aliphatic heterocycles. The molecule has 49 heavy (non-hydrogen) atoms. The first-order chi connectivity index (χ1) is 23.4. The zero-order valence-electron chi connectivity index (χ0n) is 31.5. The van der Waals surface area contributed by atoms with Gasteiger partial charge in [0, 0.05) is 12.0 Å². The zero-order chi connectivity index (χ0) is 36.9. The first-order valence-corrected chi connectivity index (χ1v) is 18.3. The highest BCUT2D eigenvalue weighted by molar-refractivity contribution is 6.28. The largest absolute Gasteiger partial charge is 0.871 e. The van der Waals surface area contributed by atoms with Gasteiger partial charge in [0.05, 0.1) is 59.7 Å². The van der Waals surface area contributed by atoms with Crippen LogP contribution in [-0.2, 0) is 10.1 Å². The van der Waals surface area contributed by atoms with E-state index < -0.39 is 30.2 Å². The number of unbranched alkanes of at least 4 members (excludes halogenated alkanes) is 2. The van der Waals surface area contributed by atoms with Crippen LogP contribution in [0.25, 0.3) is 0 Å². The molecule has 3 aromatic carbocycles. The van der Waals surface area contributed by atoms with E-state index in [1.165, 1.54) is 97.7 Å². The van der Waals surface area contributed by atoms with E-state index in [4.69, 9.17) is 0 Å². The van der Waals surface area contributed by atoms with Crippen molar-refractivity contribution in [3.63, 3.8) is 0 Å². The predicted molar refractivity (Wildman–Crippen MR) is 194 cm³/mol. The molecule has 3 rings (SSSR count). The summed E-state index contributed by atoms with van der Waals surface area (Å²) in [5.74, 6) is -1.33. The Kier molecular flexibility index (Phi) is 20.7. The smallest absolute Gasteiger partial charge is 0.123 e. The van der Waals surface area contributed by atoms with Gasteiger partial charge in [-0.1, -0.05) is 49.2 Å². The highest BCUT2D eigenvalue weighted by Gasteiger charge is 2.36. The van der Waals surface area contributed by atoms with E-state index in [2.05, 4.69) is 60.0 Å². The third kappa shape index (κ3) is 13.5. The summed E-state index contributed by atoms with van der Waals surface area (Å²) in [6.45, 7) is 28.5. The third-order valence-corrected chi connectivity index (χ3v) is 10.8. The fourth-order valence-electron chi connectivity index (χ4n) is 6.73. The molecule has 0 spiro atoms. The molecule has 0 radical (unpaired) electrons. The van der Waals surface area contributed by atoms with E-state index in [1.54, 1.807) is 36.4 Å². The maximum absolute atomic E-state index is 14.2. The Bertz CT molecular complexity index is 1150. The first-order valence-electron chi connectivity index (χ1n) is 18.3. The lowest BCUT2D eigenvalue weighted by Crippen LogP contribution is -2.47. The molecule has 0 amide bonds. The van der Waals surface area contributed by atoms with Crippen molar-refractivity contribution in [3.05, 3.63) is 107 Å². The molecule has 5 nitrogen and oxygen atoms in total. The van der Waals surface area contributed by atoms with E-state index in [9.17, 15) is 23.2 Å². The van der Waals surface area contributed by atoms with Crippen molar-refractivity contribution in [1.29, 1.82) is 0 Å². The number of halogens is 3. The number of hydrogen-bond acceptors (Lipinski definition) is 3. The van der Waals surface area contributed by atoms with Crippen LogP contribution in [-0.4, -0.2) is 75.3 Å². The molecule has 0 fully saturated rings. The van der Waals surface area contributed by atoms with Crippen molar-refractivity contribution in [2.75, 3.05) is 59.0 Å². The van der Waals surface area contributed by atoms with Crippen molar-refractivity contribution >= 4 is 7.32 Å². The molecule has 0 bridgehead atoms. The van der Waals surface area contributed by atoms with Gasteiger partial charge in [-0.25, -0.2) is 13.2 Å². The Morgan fingerprint density at radius 2 is 0.857 bits per heavy atom. The molecule has 0 aliphatic carbocycles. The first kappa shape index (κ1) is 44.3. The van der Waals surface area contributed by atoms with Gasteiger partial charge in [0.25, 0.3) is 0 Å². The highest BCUT2D eigenvalue weighted by Crippen LogP contribution is 2.44. The van der Waals surface area contributed by atoms with Crippen molar-refractivity contribution in [3.8, 4) is 0 Å². The van der Waals surface area contributed by atoms with Crippen LogP contribution in [0.4, 0.5) is 13.2 Å². The second-order valence-corrected chi connectivity index (χ2v) is 12.6. The molecular formula is C40H62BF3N2O3. The van der Waals surface area contributed by atoms with Crippen molar-refractivity contribution in [2.24, 2.45) is 0 Å². The van der Waals surface area contributed by atoms with Crippen LogP contribution < -0.4 is 10.0 Å². The summed E-state index contributed by atoms with van der Waals surface area (Å²) in [6, 6.07) is 18.1. The Morgan fingerprint density at radius 1 is 0.531 bits per heavy atom. The van der Waals surface area contributed by atoms with E-state index in [0.717, 1.165) is 0 Å². The van der Waals surface area contributed by atoms with Crippen LogP contribution in [0.1, 0.15) is 97.8 Å². The van der Waals surface area contributed by atoms with Crippen molar-refractivity contribution in [2.45, 2.75) is 86.5 Å². The monoisotopic (exact) mass is 686 g/mol. The maximum atomic E-state index is 14.2. The fraction of sp³-hybridized carbons (Fsp3) is 0.550. The van der Waals surface area contributed by atoms with Crippen LogP contribution in [0, 0.1) is 17.5 Å². The Balaban J connectivity index is 0.000000547. The number of quaternary nitrogens is 2. The lowest BCUT2D eigenvalue weighted by molar-refractivity contribution is -0.921. The van der Waals surface area contributed by atoms with E-state index in [0.29, 0.717) is 42.4 Å². The average Bonchev–Trinajstić information content (AvgIpc) is 3.11. The third-order valence-electron chi connectivity index (χ3n) is 10.8. The van der Waals surface area contributed by atoms with E-state index in [1.807, 2.05) is 0 Å². The summed E-state index contributed by atoms with van der Waals surface area (Å²) in [7, 11) is -2.31. The molecule has 9 heteroatoms. The summed E-state index contributed by atoms with van der Waals surface area (Å²) in [5, 5.41) is 21.0. The van der Waals surface area contributed by atoms with Crippen LogP contribution >= 0.6 is 0 Å². The highest BCUT2D eigenvalue weighted by atomic mass is 19.1. The molecule has 0 N–H and O–H groups in total. The minimum atomic E-state index is -2.31. The average molecular weight is 687 g/mol. The number of benzene rings is 3. The van der Waals surface area contributed by atoms with Gasteiger partial charge in [-0.05, 0) is 121 Å². The number of rotatable bonds is 18. The fourth-order valence-corrected chi connectivity index (χ4v) is 6.73. The van der Waals surface area contributed by atoms with Crippen LogP contribution in [0.15, 0.2) is 72.8 Å². The summed E-state index contributed by atoms with van der Waals surface area (Å²) in [6.07, 6.45) is 2.14. The van der Waals surface area contributed by atoms with Crippen LogP contribution in [0.5, 0.6) is 0 Å². The van der Waals surface area contributed by atoms with Gasteiger partial charge < -0.3 is 23.7 Å². The van der Waals surface area contributed by atoms with Gasteiger partial charge in [-0.15, -0.1) is 0 Å². The molecular weight excluding hydrogens is 624 g/mol. The molecule has 0 atom stereocenters. The van der Waals surface area contributed by atoms with Crippen molar-refractivity contribution < 1.29 is 36.8 Å². The van der Waals surface area contributed by atoms with E-state index >= 15 is 0 Å². The summed E-state index contributed by atoms with van der Waals surface area (Å²) in [4.78, 5) is 0. The van der Waals surface area contributed by atoms with E-state index in [-0.39, 0.29) is 6.61 Å². The molecule has 0 heterocycles. The second kappa shape index (κ2) is 22.9. The van der Waals surface area contributed by atoms with Gasteiger partial charge in [0.15, 0.2) is 0 Å². The molecule has 0 unspecified atom stereocenters. The molecule has 274 valence electrons. The minimum absolute atomic E-state index is 0.0462. The lowest BCUT2D eigenvalue weighted by atomic mass is 9.66. The quantitative estimate of drug-likeness (QED) is 0.0604. The normalized spacial score (nSPS) is 11.7. The van der Waals surface area contributed by atoms with Crippen LogP contribution in [0.2, 0.25) is 0 Å². The SMILES string of the molecule is CC[N+](CC)(CC)CC.CC[N+](CC)(CC)CC.[O-]B([O-])OCCCCCC(c1cccc(F)c1)(c1cccc(F)c1)c1cccc(F)c1. The zero-order valence-corrected chi connectivity index (χ0v) is 31.5. The standard InChI is InChI=1S/C24H22BF3O3.2C8H20N/c26-21-10-4-7-18(15-21)24(19-8-5-11-22(27)16-19,20-9-6-12-23(28)17-20)13-2-1-3-14-31-25(29)30;2*1-5-9(6-2,7-3)8-4/h4-12,15-17H,1-3,13-14H2;2*5-8H2,1-4H3/q-2;2*+1. The predicted octanol–water partition coefficient (Wildman–Crippen LogP) is 7.49. The molecule has 0 aliphatic rings. The number of nitrogens with zero attached hydrogens (tertiary/aromatic N) is 2. The number of hydrogen-bond donors (Lipinski definition) is 0. The Hall–Kier alpha value is -2.69. The summed E-state index contributed by atoms with van der Waals surface area (Å²) < 4.78 is 49.8. The van der Waals surface area contributed by atoms with Gasteiger partial charge in [-0.2, -0.15) is 0 Å². The van der Waals surface area contributed by atoms with Gasteiger partial charge in [0.2, 0.25) is 0 Å². The molecule has 3 aromatic rings. The van der Waals surface area contributed by atoms with Gasteiger partial charge in [0.1, 0.15) is 17.5 Å². The van der Waals surface area contributed by atoms with Crippen LogP contribution in [0.3, 0.4) is 0 Å².